The van der Waals surface area contributed by atoms with Crippen LogP contribution in [0.2, 0.25) is 0 Å². The number of aromatic nitrogens is 1. The molecule has 0 amide bonds. The zero-order valence-electron chi connectivity index (χ0n) is 11.0. The molecule has 0 spiro atoms. The molecule has 4 heteroatoms. The summed E-state index contributed by atoms with van der Waals surface area (Å²) in [6.45, 7) is 0. The number of hydrogen-bond donors (Lipinski definition) is 1. The normalized spacial score (nSPS) is 39.2. The summed E-state index contributed by atoms with van der Waals surface area (Å²) in [5.74, 6) is 0. The van der Waals surface area contributed by atoms with Gasteiger partial charge >= 0.3 is 0 Å². The third kappa shape index (κ3) is 1.52. The second kappa shape index (κ2) is 3.78. The average Bonchev–Trinajstić information content (AvgIpc) is 2.95. The van der Waals surface area contributed by atoms with E-state index in [-0.39, 0.29) is 5.54 Å². The Bertz CT molecular complexity index is 446. The second-order valence-electron chi connectivity index (χ2n) is 6.36. The first kappa shape index (κ1) is 11.4. The fraction of sp³-hybridized carbons (Fsp3) is 0.786. The highest BCUT2D eigenvalue weighted by molar-refractivity contribution is 7.12. The zero-order chi connectivity index (χ0) is 12.3. The minimum atomic E-state index is -0.132. The first-order valence-electron chi connectivity index (χ1n) is 7.15. The van der Waals surface area contributed by atoms with E-state index in [0.29, 0.717) is 12.1 Å². The van der Waals surface area contributed by atoms with Gasteiger partial charge in [0.25, 0.3) is 0 Å². The van der Waals surface area contributed by atoms with Crippen LogP contribution in [0.3, 0.4) is 0 Å². The van der Waals surface area contributed by atoms with E-state index in [0.717, 1.165) is 12.8 Å². The molecule has 4 rings (SSSR count). The molecule has 18 heavy (non-hydrogen) atoms. The number of hydrogen-bond acceptors (Lipinski definition) is 4. The van der Waals surface area contributed by atoms with Crippen molar-refractivity contribution in [3.8, 4) is 0 Å². The second-order valence-corrected chi connectivity index (χ2v) is 7.44. The minimum Gasteiger partial charge on any atom is -0.319 e. The molecular weight excluding hydrogens is 242 g/mol. The van der Waals surface area contributed by atoms with Crippen LogP contribution >= 0.6 is 11.3 Å². The van der Waals surface area contributed by atoms with E-state index in [1.165, 1.54) is 47.7 Å². The van der Waals surface area contributed by atoms with E-state index >= 15 is 0 Å². The third-order valence-corrected chi connectivity index (χ3v) is 6.58. The lowest BCUT2D eigenvalue weighted by molar-refractivity contribution is 0.113. The van der Waals surface area contributed by atoms with Gasteiger partial charge in [-0.15, -0.1) is 11.3 Å². The zero-order valence-corrected chi connectivity index (χ0v) is 11.8. The van der Waals surface area contributed by atoms with Gasteiger partial charge in [-0.05, 0) is 52.0 Å². The Morgan fingerprint density at radius 1 is 1.28 bits per heavy atom. The van der Waals surface area contributed by atoms with Crippen molar-refractivity contribution >= 4 is 11.3 Å². The van der Waals surface area contributed by atoms with E-state index in [1.807, 2.05) is 11.3 Å². The number of fused-ring (bicyclic) bond motifs is 3. The Morgan fingerprint density at radius 2 is 2.00 bits per heavy atom. The molecule has 0 saturated carbocycles. The molecule has 2 unspecified atom stereocenters. The maximum atomic E-state index is 6.75. The first-order chi connectivity index (χ1) is 8.66. The molecule has 3 nitrogen and oxygen atoms in total. The van der Waals surface area contributed by atoms with Crippen LogP contribution < -0.4 is 5.73 Å². The Labute approximate surface area is 112 Å². The number of thiazole rings is 1. The van der Waals surface area contributed by atoms with Gasteiger partial charge in [0.05, 0.1) is 11.2 Å². The Balaban J connectivity index is 1.67. The highest BCUT2D eigenvalue weighted by Crippen LogP contribution is 2.45. The molecule has 0 radical (unpaired) electrons. The van der Waals surface area contributed by atoms with Gasteiger partial charge in [0.15, 0.2) is 0 Å². The third-order valence-electron chi connectivity index (χ3n) is 5.21. The molecule has 2 fully saturated rings. The summed E-state index contributed by atoms with van der Waals surface area (Å²) in [4.78, 5) is 8.95. The van der Waals surface area contributed by atoms with Gasteiger partial charge in [0, 0.05) is 17.0 Å². The van der Waals surface area contributed by atoms with Gasteiger partial charge < -0.3 is 10.6 Å². The summed E-state index contributed by atoms with van der Waals surface area (Å²) in [5.41, 5.74) is 7.97. The topological polar surface area (TPSA) is 42.1 Å². The van der Waals surface area contributed by atoms with Crippen LogP contribution in [-0.4, -0.2) is 29.0 Å². The summed E-state index contributed by atoms with van der Waals surface area (Å²) in [5, 5.41) is 1.23. The van der Waals surface area contributed by atoms with Gasteiger partial charge in [0.2, 0.25) is 0 Å². The molecule has 2 aliphatic heterocycles. The summed E-state index contributed by atoms with van der Waals surface area (Å²) < 4.78 is 0. The summed E-state index contributed by atoms with van der Waals surface area (Å²) >= 11 is 1.91. The molecule has 2 atom stereocenters. The predicted octanol–water partition coefficient (Wildman–Crippen LogP) is 2.04. The van der Waals surface area contributed by atoms with Gasteiger partial charge in [-0.25, -0.2) is 4.98 Å². The van der Waals surface area contributed by atoms with Crippen LogP contribution in [0, 0.1) is 0 Å². The minimum absolute atomic E-state index is 0.132. The number of aryl methyl sites for hydroxylation is 2. The summed E-state index contributed by atoms with van der Waals surface area (Å²) in [7, 11) is 2.27. The molecule has 98 valence electrons. The van der Waals surface area contributed by atoms with Gasteiger partial charge in [-0.2, -0.15) is 0 Å². The highest BCUT2D eigenvalue weighted by atomic mass is 32.1. The van der Waals surface area contributed by atoms with Crippen molar-refractivity contribution in [3.63, 3.8) is 0 Å². The smallest absolute Gasteiger partial charge is 0.113 e. The lowest BCUT2D eigenvalue weighted by Crippen LogP contribution is -2.52. The van der Waals surface area contributed by atoms with Crippen molar-refractivity contribution in [3.05, 3.63) is 15.6 Å². The van der Waals surface area contributed by atoms with Crippen molar-refractivity contribution in [2.45, 2.75) is 62.6 Å². The molecule has 1 aromatic heterocycles. The Morgan fingerprint density at radius 3 is 2.67 bits per heavy atom. The molecular formula is C14H21N3S. The maximum absolute atomic E-state index is 6.75. The van der Waals surface area contributed by atoms with Crippen molar-refractivity contribution in [2.75, 3.05) is 7.05 Å². The van der Waals surface area contributed by atoms with Crippen molar-refractivity contribution in [1.82, 2.24) is 9.88 Å². The Hall–Kier alpha value is -0.450. The largest absolute Gasteiger partial charge is 0.319 e. The van der Waals surface area contributed by atoms with Crippen LogP contribution in [0.1, 0.15) is 47.7 Å². The number of nitrogens with two attached hydrogens (primary N) is 1. The molecule has 2 N–H and O–H groups in total. The quantitative estimate of drug-likeness (QED) is 0.843. The standard InChI is InChI=1S/C14H21N3S/c1-17-9-5-6-10(17)8-14(15,7-9)13-16-11-3-2-4-12(11)18-13/h9-10H,2-8,15H2,1H3. The van der Waals surface area contributed by atoms with Crippen LogP contribution in [0.4, 0.5) is 0 Å². The van der Waals surface area contributed by atoms with Crippen molar-refractivity contribution in [1.29, 1.82) is 0 Å². The Kier molecular flexibility index (Phi) is 2.39. The fourth-order valence-corrected chi connectivity index (χ4v) is 5.36. The van der Waals surface area contributed by atoms with Crippen molar-refractivity contribution in [2.24, 2.45) is 5.73 Å². The number of nitrogens with zero attached hydrogens (tertiary/aromatic N) is 2. The molecule has 0 aromatic carbocycles. The molecule has 1 aliphatic carbocycles. The van der Waals surface area contributed by atoms with E-state index < -0.39 is 0 Å². The lowest BCUT2D eigenvalue weighted by atomic mass is 9.84. The van der Waals surface area contributed by atoms with Crippen LogP contribution in [0.5, 0.6) is 0 Å². The average molecular weight is 263 g/mol. The lowest BCUT2D eigenvalue weighted by Gasteiger charge is -2.42. The van der Waals surface area contributed by atoms with Crippen LogP contribution in [0.15, 0.2) is 0 Å². The van der Waals surface area contributed by atoms with Crippen LogP contribution in [0.25, 0.3) is 0 Å². The molecule has 3 heterocycles. The van der Waals surface area contributed by atoms with E-state index in [4.69, 9.17) is 10.7 Å². The molecule has 3 aliphatic rings. The monoisotopic (exact) mass is 263 g/mol. The SMILES string of the molecule is CN1C2CCC1CC(N)(c1nc3c(s1)CCC3)C2. The van der Waals surface area contributed by atoms with Crippen molar-refractivity contribution < 1.29 is 0 Å². The van der Waals surface area contributed by atoms with Crippen LogP contribution in [-0.2, 0) is 18.4 Å². The van der Waals surface area contributed by atoms with E-state index in [2.05, 4.69) is 11.9 Å². The molecule has 2 bridgehead atoms. The molecule has 2 saturated heterocycles. The van der Waals surface area contributed by atoms with E-state index in [9.17, 15) is 0 Å². The van der Waals surface area contributed by atoms with Gasteiger partial charge in [-0.1, -0.05) is 0 Å². The van der Waals surface area contributed by atoms with E-state index in [1.54, 1.807) is 0 Å². The number of piperidine rings is 1. The summed E-state index contributed by atoms with van der Waals surface area (Å²) in [6.07, 6.45) is 8.56. The molecule has 1 aromatic rings. The maximum Gasteiger partial charge on any atom is 0.113 e. The fourth-order valence-electron chi connectivity index (χ4n) is 4.08. The predicted molar refractivity (Wildman–Crippen MR) is 73.8 cm³/mol. The first-order valence-corrected chi connectivity index (χ1v) is 7.97. The summed E-state index contributed by atoms with van der Waals surface area (Å²) in [6, 6.07) is 1.37. The van der Waals surface area contributed by atoms with Gasteiger partial charge in [0.1, 0.15) is 5.01 Å². The van der Waals surface area contributed by atoms with Gasteiger partial charge in [-0.3, -0.25) is 0 Å². The number of rotatable bonds is 1. The highest BCUT2D eigenvalue weighted by Gasteiger charge is 2.47.